The van der Waals surface area contributed by atoms with Crippen LogP contribution in [-0.4, -0.2) is 24.0 Å². The highest BCUT2D eigenvalue weighted by atomic mass is 19.1. The predicted molar refractivity (Wildman–Crippen MR) is 96.6 cm³/mol. The van der Waals surface area contributed by atoms with Crippen molar-refractivity contribution in [3.63, 3.8) is 0 Å². The van der Waals surface area contributed by atoms with Crippen LogP contribution in [-0.2, 0) is 16.0 Å². The fraction of sp³-hybridized carbons (Fsp3) is 0.150. The molecule has 3 rings (SSSR count). The van der Waals surface area contributed by atoms with Gasteiger partial charge in [-0.1, -0.05) is 0 Å². The van der Waals surface area contributed by atoms with Gasteiger partial charge in [-0.05, 0) is 36.4 Å². The first-order chi connectivity index (χ1) is 13.5. The van der Waals surface area contributed by atoms with Crippen LogP contribution in [0.25, 0.3) is 11.3 Å². The molecule has 0 saturated carbocycles. The molecule has 1 aromatic heterocycles. The van der Waals surface area contributed by atoms with Gasteiger partial charge in [-0.3, -0.25) is 4.79 Å². The topological polar surface area (TPSA) is 81.4 Å². The van der Waals surface area contributed by atoms with E-state index in [0.29, 0.717) is 11.3 Å². The first kappa shape index (κ1) is 19.2. The number of hydrogen-bond acceptors (Lipinski definition) is 5. The largest absolute Gasteiger partial charge is 0.465 e. The number of amides is 1. The number of ether oxygens (including phenoxy) is 1. The van der Waals surface area contributed by atoms with Crippen LogP contribution in [0, 0.1) is 11.6 Å². The molecule has 28 heavy (non-hydrogen) atoms. The monoisotopic (exact) mass is 386 g/mol. The molecule has 3 aromatic rings. The molecule has 1 heterocycles. The molecule has 0 bridgehead atoms. The van der Waals surface area contributed by atoms with Gasteiger partial charge in [0.15, 0.2) is 11.7 Å². The van der Waals surface area contributed by atoms with Gasteiger partial charge in [-0.25, -0.2) is 18.6 Å². The zero-order valence-corrected chi connectivity index (χ0v) is 14.9. The van der Waals surface area contributed by atoms with Gasteiger partial charge in [0.25, 0.3) is 0 Å². The molecule has 1 N–H and O–H groups in total. The lowest BCUT2D eigenvalue weighted by Crippen LogP contribution is -2.12. The number of aromatic nitrogens is 1. The summed E-state index contributed by atoms with van der Waals surface area (Å²) in [7, 11) is 1.29. The van der Waals surface area contributed by atoms with Crippen LogP contribution in [0.2, 0.25) is 0 Å². The molecular formula is C20H16F2N2O4. The van der Waals surface area contributed by atoms with E-state index in [1.807, 2.05) is 0 Å². The third-order valence-corrected chi connectivity index (χ3v) is 3.91. The van der Waals surface area contributed by atoms with E-state index in [4.69, 9.17) is 4.42 Å². The van der Waals surface area contributed by atoms with Crippen LogP contribution >= 0.6 is 0 Å². The van der Waals surface area contributed by atoms with Crippen LogP contribution < -0.4 is 5.32 Å². The lowest BCUT2D eigenvalue weighted by atomic mass is 10.2. The quantitative estimate of drug-likeness (QED) is 0.648. The number of aryl methyl sites for hydroxylation is 1. The summed E-state index contributed by atoms with van der Waals surface area (Å²) in [6, 6.07) is 9.41. The van der Waals surface area contributed by atoms with Crippen LogP contribution in [0.1, 0.15) is 22.7 Å². The molecular weight excluding hydrogens is 370 g/mol. The first-order valence-corrected chi connectivity index (χ1v) is 8.34. The summed E-state index contributed by atoms with van der Waals surface area (Å²) in [6.07, 6.45) is 1.62. The Morgan fingerprint density at radius 1 is 1.14 bits per heavy atom. The fourth-order valence-corrected chi connectivity index (χ4v) is 2.49. The number of anilines is 1. The number of nitrogens with one attached hydrogen (secondary N) is 1. The van der Waals surface area contributed by atoms with Crippen LogP contribution in [0.3, 0.4) is 0 Å². The predicted octanol–water partition coefficient (Wildman–Crippen LogP) is 3.98. The van der Waals surface area contributed by atoms with Gasteiger partial charge in [-0.2, -0.15) is 0 Å². The van der Waals surface area contributed by atoms with Gasteiger partial charge < -0.3 is 14.5 Å². The molecule has 0 spiro atoms. The van der Waals surface area contributed by atoms with Crippen LogP contribution in [0.5, 0.6) is 0 Å². The Labute approximate surface area is 159 Å². The highest BCUT2D eigenvalue weighted by Gasteiger charge is 2.13. The Hall–Kier alpha value is -3.55. The molecule has 0 unspecified atom stereocenters. The minimum Gasteiger partial charge on any atom is -0.465 e. The average molecular weight is 386 g/mol. The van der Waals surface area contributed by atoms with E-state index in [9.17, 15) is 18.4 Å². The normalized spacial score (nSPS) is 10.5. The summed E-state index contributed by atoms with van der Waals surface area (Å²) >= 11 is 0. The van der Waals surface area contributed by atoms with Gasteiger partial charge in [0.1, 0.15) is 11.6 Å². The zero-order chi connectivity index (χ0) is 20.1. The van der Waals surface area contributed by atoms with E-state index in [1.165, 1.54) is 19.4 Å². The summed E-state index contributed by atoms with van der Waals surface area (Å²) in [6.45, 7) is 0. The van der Waals surface area contributed by atoms with E-state index in [-0.39, 0.29) is 36.0 Å². The third-order valence-electron chi connectivity index (χ3n) is 3.91. The summed E-state index contributed by atoms with van der Waals surface area (Å²) in [5.74, 6) is -1.76. The second kappa shape index (κ2) is 8.43. The summed E-state index contributed by atoms with van der Waals surface area (Å²) < 4.78 is 36.8. The lowest BCUT2D eigenvalue weighted by molar-refractivity contribution is -0.116. The lowest BCUT2D eigenvalue weighted by Gasteiger charge is -2.05. The van der Waals surface area contributed by atoms with Crippen LogP contribution in [0.4, 0.5) is 14.5 Å². The Balaban J connectivity index is 1.56. The summed E-state index contributed by atoms with van der Waals surface area (Å²) in [4.78, 5) is 27.5. The third kappa shape index (κ3) is 4.59. The van der Waals surface area contributed by atoms with Gasteiger partial charge in [0, 0.05) is 24.6 Å². The molecule has 0 aliphatic carbocycles. The number of oxazole rings is 1. The van der Waals surface area contributed by atoms with Gasteiger partial charge in [0.2, 0.25) is 5.91 Å². The highest BCUT2D eigenvalue weighted by molar-refractivity contribution is 5.93. The fourth-order valence-electron chi connectivity index (χ4n) is 2.49. The highest BCUT2D eigenvalue weighted by Crippen LogP contribution is 2.24. The van der Waals surface area contributed by atoms with E-state index in [1.54, 1.807) is 24.3 Å². The molecule has 0 fully saturated rings. The van der Waals surface area contributed by atoms with Crippen LogP contribution in [0.15, 0.2) is 53.1 Å². The molecule has 144 valence electrons. The van der Waals surface area contributed by atoms with Crippen molar-refractivity contribution in [3.05, 3.63) is 71.8 Å². The maximum atomic E-state index is 13.8. The van der Waals surface area contributed by atoms with E-state index in [2.05, 4.69) is 15.0 Å². The smallest absolute Gasteiger partial charge is 0.337 e. The number of carbonyl (C=O) groups excluding carboxylic acids is 2. The Morgan fingerprint density at radius 3 is 2.57 bits per heavy atom. The van der Waals surface area contributed by atoms with Gasteiger partial charge in [0.05, 0.1) is 24.4 Å². The number of carbonyl (C=O) groups is 2. The van der Waals surface area contributed by atoms with Crippen molar-refractivity contribution in [2.45, 2.75) is 12.8 Å². The number of rotatable bonds is 6. The summed E-state index contributed by atoms with van der Waals surface area (Å²) in [5, 5.41) is 2.69. The number of halogens is 2. The van der Waals surface area contributed by atoms with Gasteiger partial charge >= 0.3 is 5.97 Å². The molecule has 0 aliphatic rings. The van der Waals surface area contributed by atoms with E-state index < -0.39 is 17.6 Å². The van der Waals surface area contributed by atoms with E-state index >= 15 is 0 Å². The Bertz CT molecular complexity index is 1000. The second-order valence-corrected chi connectivity index (χ2v) is 5.86. The Kier molecular flexibility index (Phi) is 5.78. The number of methoxy groups -OCH3 is 1. The molecule has 0 radical (unpaired) electrons. The molecule has 0 aliphatic heterocycles. The molecule has 6 nitrogen and oxygen atoms in total. The standard InChI is InChI=1S/C20H16F2N2O4/c1-27-20(26)12-2-5-14(6-3-12)24-18(25)8-9-19-23-11-17(28-19)15-7-4-13(21)10-16(15)22/h2-7,10-11H,8-9H2,1H3,(H,24,25). The van der Waals surface area contributed by atoms with Crippen molar-refractivity contribution in [3.8, 4) is 11.3 Å². The van der Waals surface area contributed by atoms with Crippen molar-refractivity contribution < 1.29 is 27.5 Å². The molecule has 1 amide bonds. The van der Waals surface area contributed by atoms with Crippen molar-refractivity contribution >= 4 is 17.6 Å². The molecule has 2 aromatic carbocycles. The minimum absolute atomic E-state index is 0.0879. The number of esters is 1. The number of nitrogens with zero attached hydrogens (tertiary/aromatic N) is 1. The second-order valence-electron chi connectivity index (χ2n) is 5.86. The zero-order valence-electron chi connectivity index (χ0n) is 14.9. The molecule has 0 saturated heterocycles. The summed E-state index contributed by atoms with van der Waals surface area (Å²) in [5.41, 5.74) is 0.996. The van der Waals surface area contributed by atoms with Gasteiger partial charge in [-0.15, -0.1) is 0 Å². The maximum absolute atomic E-state index is 13.8. The SMILES string of the molecule is COC(=O)c1ccc(NC(=O)CCc2ncc(-c3ccc(F)cc3F)o2)cc1. The maximum Gasteiger partial charge on any atom is 0.337 e. The molecule has 8 heteroatoms. The Morgan fingerprint density at radius 2 is 1.89 bits per heavy atom. The first-order valence-electron chi connectivity index (χ1n) is 8.34. The number of benzene rings is 2. The average Bonchev–Trinajstić information content (AvgIpc) is 3.15. The van der Waals surface area contributed by atoms with Crippen molar-refractivity contribution in [1.82, 2.24) is 4.98 Å². The van der Waals surface area contributed by atoms with Crippen molar-refractivity contribution in [1.29, 1.82) is 0 Å². The van der Waals surface area contributed by atoms with Crippen molar-refractivity contribution in [2.24, 2.45) is 0 Å². The van der Waals surface area contributed by atoms with E-state index in [0.717, 1.165) is 12.1 Å². The van der Waals surface area contributed by atoms with Crippen molar-refractivity contribution in [2.75, 3.05) is 12.4 Å². The minimum atomic E-state index is -0.754. The number of hydrogen-bond donors (Lipinski definition) is 1. The molecule has 0 atom stereocenters.